The number of hydrogen-bond donors (Lipinski definition) is 0. The first-order valence-electron chi connectivity index (χ1n) is 6.44. The first-order chi connectivity index (χ1) is 8.70. The molecule has 0 amide bonds. The van der Waals surface area contributed by atoms with Gasteiger partial charge < -0.3 is 0 Å². The van der Waals surface area contributed by atoms with Gasteiger partial charge in [0.1, 0.15) is 5.82 Å². The van der Waals surface area contributed by atoms with Crippen molar-refractivity contribution in [2.24, 2.45) is 0 Å². The van der Waals surface area contributed by atoms with Gasteiger partial charge >= 0.3 is 0 Å². The van der Waals surface area contributed by atoms with E-state index in [0.717, 1.165) is 22.9 Å². The van der Waals surface area contributed by atoms with Crippen LogP contribution in [-0.2, 0) is 6.54 Å². The Bertz CT molecular complexity index is 391. The van der Waals surface area contributed by atoms with E-state index in [1.807, 2.05) is 6.07 Å². The lowest BCUT2D eigenvalue weighted by Gasteiger charge is -2.28. The van der Waals surface area contributed by atoms with Gasteiger partial charge in [-0.1, -0.05) is 50.8 Å². The van der Waals surface area contributed by atoms with Crippen molar-refractivity contribution < 1.29 is 4.39 Å². The Morgan fingerprint density at radius 3 is 2.61 bits per heavy atom. The van der Waals surface area contributed by atoms with Crippen molar-refractivity contribution in [3.63, 3.8) is 0 Å². The van der Waals surface area contributed by atoms with Crippen LogP contribution in [0.1, 0.15) is 31.2 Å². The molecule has 1 saturated carbocycles. The molecular formula is C14H18Br2FN. The van der Waals surface area contributed by atoms with Gasteiger partial charge in [0.2, 0.25) is 0 Å². The summed E-state index contributed by atoms with van der Waals surface area (Å²) in [4.78, 5) is 2.51. The van der Waals surface area contributed by atoms with Crippen molar-refractivity contribution in [2.45, 2.75) is 38.3 Å². The van der Waals surface area contributed by atoms with Crippen LogP contribution in [0.15, 0.2) is 22.7 Å². The summed E-state index contributed by atoms with van der Waals surface area (Å²) < 4.78 is 14.0. The van der Waals surface area contributed by atoms with Crippen LogP contribution in [0.4, 0.5) is 4.39 Å². The van der Waals surface area contributed by atoms with Gasteiger partial charge in [-0.3, -0.25) is 4.90 Å². The number of hydrogen-bond acceptors (Lipinski definition) is 1. The van der Waals surface area contributed by atoms with E-state index in [-0.39, 0.29) is 5.82 Å². The second-order valence-corrected chi connectivity index (χ2v) is 6.48. The summed E-state index contributed by atoms with van der Waals surface area (Å²) in [6, 6.07) is 5.67. The lowest BCUT2D eigenvalue weighted by molar-refractivity contribution is 0.202. The molecule has 0 heterocycles. The summed E-state index contributed by atoms with van der Waals surface area (Å²) in [6.07, 6.45) is 5.28. The van der Waals surface area contributed by atoms with E-state index in [4.69, 9.17) is 0 Å². The summed E-state index contributed by atoms with van der Waals surface area (Å²) in [5, 5.41) is 0.988. The molecule has 0 aromatic heterocycles. The minimum absolute atomic E-state index is 0.182. The van der Waals surface area contributed by atoms with Gasteiger partial charge in [-0.25, -0.2) is 4.39 Å². The average molecular weight is 379 g/mol. The SMILES string of the molecule is Fc1ccc(CN(CCBr)C2CCCC2)c(Br)c1. The number of halogens is 3. The molecule has 0 saturated heterocycles. The topological polar surface area (TPSA) is 3.24 Å². The Hall–Kier alpha value is 0.0700. The molecule has 1 aromatic rings. The first-order valence-corrected chi connectivity index (χ1v) is 8.36. The molecule has 100 valence electrons. The van der Waals surface area contributed by atoms with Gasteiger partial charge in [0.05, 0.1) is 0 Å². The summed E-state index contributed by atoms with van der Waals surface area (Å²) in [7, 11) is 0. The van der Waals surface area contributed by atoms with Gasteiger partial charge in [-0.15, -0.1) is 0 Å². The van der Waals surface area contributed by atoms with Crippen molar-refractivity contribution in [1.29, 1.82) is 0 Å². The summed E-state index contributed by atoms with van der Waals surface area (Å²) >= 11 is 6.98. The molecule has 0 aliphatic heterocycles. The van der Waals surface area contributed by atoms with Crippen molar-refractivity contribution in [3.05, 3.63) is 34.1 Å². The lowest BCUT2D eigenvalue weighted by Crippen LogP contribution is -2.34. The van der Waals surface area contributed by atoms with Gasteiger partial charge in [0, 0.05) is 28.9 Å². The molecule has 0 bridgehead atoms. The van der Waals surface area contributed by atoms with E-state index < -0.39 is 0 Å². The molecule has 0 spiro atoms. The maximum Gasteiger partial charge on any atom is 0.124 e. The first kappa shape index (κ1) is 14.5. The standard InChI is InChI=1S/C14H18Br2FN/c15-7-8-18(13-3-1-2-4-13)10-11-5-6-12(17)9-14(11)16/h5-6,9,13H,1-4,7-8,10H2. The summed E-state index contributed by atoms with van der Waals surface area (Å²) in [5.74, 6) is -0.182. The average Bonchev–Trinajstić information content (AvgIpc) is 2.85. The third-order valence-electron chi connectivity index (χ3n) is 3.60. The van der Waals surface area contributed by atoms with Crippen LogP contribution < -0.4 is 0 Å². The number of alkyl halides is 1. The highest BCUT2D eigenvalue weighted by Gasteiger charge is 2.22. The summed E-state index contributed by atoms with van der Waals surface area (Å²) in [6.45, 7) is 1.95. The van der Waals surface area contributed by atoms with E-state index in [2.05, 4.69) is 36.8 Å². The fourth-order valence-electron chi connectivity index (χ4n) is 2.64. The van der Waals surface area contributed by atoms with Crippen LogP contribution in [0.25, 0.3) is 0 Å². The highest BCUT2D eigenvalue weighted by molar-refractivity contribution is 9.10. The number of rotatable bonds is 5. The zero-order chi connectivity index (χ0) is 13.0. The molecule has 0 unspecified atom stereocenters. The smallest absolute Gasteiger partial charge is 0.124 e. The molecule has 2 rings (SSSR count). The third kappa shape index (κ3) is 3.78. The Kier molecular flexibility index (Phi) is 5.64. The zero-order valence-corrected chi connectivity index (χ0v) is 13.5. The largest absolute Gasteiger partial charge is 0.295 e. The van der Waals surface area contributed by atoms with E-state index in [1.165, 1.54) is 31.2 Å². The van der Waals surface area contributed by atoms with Gasteiger partial charge in [0.25, 0.3) is 0 Å². The molecule has 1 fully saturated rings. The zero-order valence-electron chi connectivity index (χ0n) is 10.3. The quantitative estimate of drug-likeness (QED) is 0.669. The van der Waals surface area contributed by atoms with E-state index in [1.54, 1.807) is 12.1 Å². The van der Waals surface area contributed by atoms with Crippen LogP contribution in [0.3, 0.4) is 0 Å². The Morgan fingerprint density at radius 2 is 2.00 bits per heavy atom. The highest BCUT2D eigenvalue weighted by Crippen LogP contribution is 2.27. The number of nitrogens with zero attached hydrogens (tertiary/aromatic N) is 1. The molecular weight excluding hydrogens is 361 g/mol. The van der Waals surface area contributed by atoms with E-state index in [9.17, 15) is 4.39 Å². The van der Waals surface area contributed by atoms with Gasteiger partial charge in [-0.2, -0.15) is 0 Å². The maximum atomic E-state index is 13.1. The molecule has 1 aromatic carbocycles. The molecule has 0 N–H and O–H groups in total. The molecule has 1 aliphatic carbocycles. The normalized spacial score (nSPS) is 16.7. The lowest BCUT2D eigenvalue weighted by atomic mass is 10.1. The van der Waals surface area contributed by atoms with Crippen LogP contribution in [0.2, 0.25) is 0 Å². The predicted molar refractivity (Wildman–Crippen MR) is 80.6 cm³/mol. The molecule has 18 heavy (non-hydrogen) atoms. The van der Waals surface area contributed by atoms with Crippen molar-refractivity contribution in [1.82, 2.24) is 4.90 Å². The second-order valence-electron chi connectivity index (χ2n) is 4.83. The van der Waals surface area contributed by atoms with Crippen molar-refractivity contribution in [3.8, 4) is 0 Å². The maximum absolute atomic E-state index is 13.1. The number of benzene rings is 1. The molecule has 0 radical (unpaired) electrons. The molecule has 4 heteroatoms. The Labute approximate surface area is 125 Å². The highest BCUT2D eigenvalue weighted by atomic mass is 79.9. The summed E-state index contributed by atoms with van der Waals surface area (Å²) in [5.41, 5.74) is 1.17. The molecule has 0 atom stereocenters. The fraction of sp³-hybridized carbons (Fsp3) is 0.571. The van der Waals surface area contributed by atoms with Crippen molar-refractivity contribution >= 4 is 31.9 Å². The predicted octanol–water partition coefficient (Wildman–Crippen LogP) is 4.73. The van der Waals surface area contributed by atoms with Crippen LogP contribution in [-0.4, -0.2) is 22.8 Å². The monoisotopic (exact) mass is 377 g/mol. The van der Waals surface area contributed by atoms with Gasteiger partial charge in [-0.05, 0) is 30.5 Å². The van der Waals surface area contributed by atoms with Crippen LogP contribution >= 0.6 is 31.9 Å². The second kappa shape index (κ2) is 7.01. The van der Waals surface area contributed by atoms with E-state index in [0.29, 0.717) is 6.04 Å². The third-order valence-corrected chi connectivity index (χ3v) is 4.69. The Morgan fingerprint density at radius 1 is 1.28 bits per heavy atom. The minimum Gasteiger partial charge on any atom is -0.295 e. The van der Waals surface area contributed by atoms with Crippen LogP contribution in [0, 0.1) is 5.82 Å². The minimum atomic E-state index is -0.182. The Balaban J connectivity index is 2.07. The van der Waals surface area contributed by atoms with Crippen LogP contribution in [0.5, 0.6) is 0 Å². The fourth-order valence-corrected chi connectivity index (χ4v) is 3.57. The van der Waals surface area contributed by atoms with Gasteiger partial charge in [0.15, 0.2) is 0 Å². The van der Waals surface area contributed by atoms with E-state index >= 15 is 0 Å². The molecule has 1 aliphatic rings. The molecule has 1 nitrogen and oxygen atoms in total. The van der Waals surface area contributed by atoms with Crippen molar-refractivity contribution in [2.75, 3.05) is 11.9 Å².